The second kappa shape index (κ2) is 16.7. The fourth-order valence-corrected chi connectivity index (χ4v) is 12.3. The Bertz CT molecular complexity index is 3050. The minimum Gasteiger partial charge on any atom is -0.371 e. The molecule has 1 unspecified atom stereocenters. The van der Waals surface area contributed by atoms with Crippen molar-refractivity contribution in [1.82, 2.24) is 24.1 Å². The van der Waals surface area contributed by atoms with E-state index in [1.807, 2.05) is 35.1 Å². The van der Waals surface area contributed by atoms with Gasteiger partial charge in [-0.2, -0.15) is 12.7 Å². The second-order valence-electron chi connectivity index (χ2n) is 19.2. The van der Waals surface area contributed by atoms with Crippen LogP contribution in [0.15, 0.2) is 73.1 Å². The number of carbonyl (C=O) groups is 5. The first-order chi connectivity index (χ1) is 32.6. The van der Waals surface area contributed by atoms with Crippen LogP contribution in [0.2, 0.25) is 0 Å². The Labute approximate surface area is 389 Å². The van der Waals surface area contributed by atoms with Crippen LogP contribution in [0.4, 0.5) is 30.2 Å². The topological polar surface area (TPSA) is 176 Å². The van der Waals surface area contributed by atoms with Crippen molar-refractivity contribution in [2.24, 2.45) is 11.3 Å². The molecule has 5 aromatic rings. The number of H-pyrrole nitrogens is 1. The van der Waals surface area contributed by atoms with Crippen molar-refractivity contribution in [2.75, 3.05) is 73.4 Å². The molecule has 2 aromatic heterocycles. The summed E-state index contributed by atoms with van der Waals surface area (Å²) in [6, 6.07) is 15.9. The number of aromatic amines is 1. The highest BCUT2D eigenvalue weighted by molar-refractivity contribution is 7.90. The van der Waals surface area contributed by atoms with Crippen molar-refractivity contribution in [1.29, 1.82) is 0 Å². The van der Waals surface area contributed by atoms with Crippen LogP contribution in [-0.4, -0.2) is 133 Å². The molecule has 5 aliphatic heterocycles. The number of amides is 2. The van der Waals surface area contributed by atoms with Gasteiger partial charge in [0.1, 0.15) is 23.4 Å². The van der Waals surface area contributed by atoms with E-state index in [0.717, 1.165) is 96.9 Å². The van der Waals surface area contributed by atoms with Crippen molar-refractivity contribution >= 4 is 67.5 Å². The minimum absolute atomic E-state index is 0.000540. The molecule has 2 atom stereocenters. The normalized spacial score (nSPS) is 22.3. The summed E-state index contributed by atoms with van der Waals surface area (Å²) in [5.74, 6) is -4.48. The van der Waals surface area contributed by atoms with E-state index in [2.05, 4.69) is 24.7 Å². The average molecular weight is 949 g/mol. The minimum atomic E-state index is -4.36. The van der Waals surface area contributed by atoms with Gasteiger partial charge in [-0.3, -0.25) is 33.6 Å². The van der Waals surface area contributed by atoms with Crippen LogP contribution in [0.1, 0.15) is 75.2 Å². The molecule has 68 heavy (non-hydrogen) atoms. The Kier molecular flexibility index (Phi) is 10.8. The number of fused-ring (bicyclic) bond motifs is 2. The van der Waals surface area contributed by atoms with E-state index >= 15 is 8.78 Å². The standard InChI is InChI=1S/C49H47F3N8O7S/c50-31-13-16-59(23-31)68(66,67)55-40-9-8-39(51)43(44(40)52)45(63)38-21-54-46-36(38)17-30(20-53-46)29-1-3-32(4-2-29)58-26-49(27-58)24-56(25-49)22-28-11-14-57(15-12-28)33-5-7-35-37(18-33)48(65)60(47(35)64)41-10-6-34(61)19-42(41)62/h1-5,7-9,17-18,20-21,28,31,41,55H,6,10-16,19,22-27H2,(H,53,54)/t31-,41?/m1/s1. The smallest absolute Gasteiger partial charge is 0.301 e. The molecule has 352 valence electrons. The Morgan fingerprint density at radius 3 is 2.28 bits per heavy atom. The van der Waals surface area contributed by atoms with Gasteiger partial charge in [0, 0.05) is 111 Å². The van der Waals surface area contributed by atoms with Gasteiger partial charge in [-0.25, -0.2) is 18.2 Å². The number of alkyl halides is 1. The molecule has 3 aromatic carbocycles. The second-order valence-corrected chi connectivity index (χ2v) is 20.9. The van der Waals surface area contributed by atoms with Gasteiger partial charge in [-0.15, -0.1) is 0 Å². The van der Waals surface area contributed by atoms with E-state index in [4.69, 9.17) is 0 Å². The molecule has 7 heterocycles. The number of hydrogen-bond acceptors (Lipinski definition) is 11. The van der Waals surface area contributed by atoms with Gasteiger partial charge in [-0.1, -0.05) is 12.1 Å². The number of piperidine rings is 1. The number of anilines is 3. The van der Waals surface area contributed by atoms with Crippen molar-refractivity contribution in [2.45, 2.75) is 50.7 Å². The Morgan fingerprint density at radius 1 is 0.824 bits per heavy atom. The van der Waals surface area contributed by atoms with E-state index in [1.165, 1.54) is 6.20 Å². The van der Waals surface area contributed by atoms with Crippen LogP contribution in [0.25, 0.3) is 22.2 Å². The average Bonchev–Trinajstić information content (AvgIpc) is 4.01. The maximum absolute atomic E-state index is 15.8. The summed E-state index contributed by atoms with van der Waals surface area (Å²) in [7, 11) is -4.36. The number of benzene rings is 3. The third-order valence-electron chi connectivity index (χ3n) is 14.7. The molecule has 5 fully saturated rings. The lowest BCUT2D eigenvalue weighted by atomic mass is 9.72. The summed E-state index contributed by atoms with van der Waals surface area (Å²) < 4.78 is 73.1. The zero-order valence-corrected chi connectivity index (χ0v) is 37.7. The van der Waals surface area contributed by atoms with Crippen molar-refractivity contribution in [3.63, 3.8) is 0 Å². The number of nitrogens with one attached hydrogen (secondary N) is 2. The molecule has 1 saturated carbocycles. The van der Waals surface area contributed by atoms with Crippen molar-refractivity contribution < 1.29 is 45.6 Å². The highest BCUT2D eigenvalue weighted by Gasteiger charge is 2.52. The number of carbonyl (C=O) groups excluding carboxylic acids is 5. The Morgan fingerprint density at radius 2 is 1.56 bits per heavy atom. The lowest BCUT2D eigenvalue weighted by Crippen LogP contribution is -2.72. The van der Waals surface area contributed by atoms with Crippen molar-refractivity contribution in [3.05, 3.63) is 107 Å². The maximum Gasteiger partial charge on any atom is 0.301 e. The van der Waals surface area contributed by atoms with Crippen molar-refractivity contribution in [3.8, 4) is 11.1 Å². The lowest BCUT2D eigenvalue weighted by Gasteiger charge is -2.61. The molecule has 15 nitrogen and oxygen atoms in total. The number of aromatic nitrogens is 2. The molecule has 1 spiro atoms. The van der Waals surface area contributed by atoms with Gasteiger partial charge in [0.25, 0.3) is 11.8 Å². The van der Waals surface area contributed by atoms with E-state index in [9.17, 15) is 36.8 Å². The Hall–Kier alpha value is -6.44. The maximum atomic E-state index is 15.8. The summed E-state index contributed by atoms with van der Waals surface area (Å²) in [5, 5.41) is 0.330. The molecule has 0 bridgehead atoms. The van der Waals surface area contributed by atoms with Crippen LogP contribution in [-0.2, 0) is 19.8 Å². The number of likely N-dealkylation sites (tertiary alicyclic amines) is 1. The first-order valence-corrected chi connectivity index (χ1v) is 24.4. The molecule has 19 heteroatoms. The van der Waals surface area contributed by atoms with Crippen LogP contribution in [0.3, 0.4) is 0 Å². The van der Waals surface area contributed by atoms with Crippen LogP contribution < -0.4 is 14.5 Å². The van der Waals surface area contributed by atoms with Gasteiger partial charge in [0.15, 0.2) is 11.6 Å². The van der Waals surface area contributed by atoms with E-state index in [1.54, 1.807) is 24.4 Å². The number of Topliss-reactive ketones (excluding diaryl/α,β-unsaturated/α-hetero) is 2. The van der Waals surface area contributed by atoms with Gasteiger partial charge in [-0.05, 0) is 85.7 Å². The number of rotatable bonds is 11. The monoisotopic (exact) mass is 948 g/mol. The number of imide groups is 1. The summed E-state index contributed by atoms with van der Waals surface area (Å²) in [6.45, 7) is 6.17. The largest absolute Gasteiger partial charge is 0.371 e. The molecule has 11 rings (SSSR count). The zero-order valence-electron chi connectivity index (χ0n) is 36.9. The number of ketones is 3. The molecule has 2 amide bonds. The predicted octanol–water partition coefficient (Wildman–Crippen LogP) is 5.76. The summed E-state index contributed by atoms with van der Waals surface area (Å²) in [6.07, 6.45) is 3.75. The van der Waals surface area contributed by atoms with Crippen LogP contribution in [0.5, 0.6) is 0 Å². The van der Waals surface area contributed by atoms with Gasteiger partial charge in [0.2, 0.25) is 5.78 Å². The highest BCUT2D eigenvalue weighted by Crippen LogP contribution is 2.43. The first-order valence-electron chi connectivity index (χ1n) is 22.9. The van der Waals surface area contributed by atoms with E-state index < -0.39 is 62.9 Å². The third-order valence-corrected chi connectivity index (χ3v) is 16.1. The summed E-state index contributed by atoms with van der Waals surface area (Å²) in [4.78, 5) is 80.2. The molecule has 6 aliphatic rings. The van der Waals surface area contributed by atoms with Gasteiger partial charge < -0.3 is 19.7 Å². The Balaban J connectivity index is 0.674. The number of nitrogens with zero attached hydrogens (tertiary/aromatic N) is 6. The molecule has 1 aliphatic carbocycles. The van der Waals surface area contributed by atoms with Crippen LogP contribution in [0, 0.1) is 23.0 Å². The van der Waals surface area contributed by atoms with Gasteiger partial charge >= 0.3 is 10.2 Å². The zero-order chi connectivity index (χ0) is 47.2. The van der Waals surface area contributed by atoms with Crippen LogP contribution >= 0.6 is 0 Å². The fraction of sp³-hybridized carbons (Fsp3) is 0.388. The third kappa shape index (κ3) is 7.73. The first kappa shape index (κ1) is 44.1. The molecule has 0 radical (unpaired) electrons. The molecular formula is C49H47F3N8O7S. The number of pyridine rings is 1. The fourth-order valence-electron chi connectivity index (χ4n) is 11.1. The SMILES string of the molecule is O=C1CCC(N2C(=O)c3ccc(N4CCC(CN5CC6(C5)CN(c5ccc(-c7cnc8[nH]cc(C(=O)c9c(F)ccc(NS(=O)(=O)N%10CC[C@@H](F)C%10)c9F)c8c7)cc5)C6)CC4)cc3C2=O)C(=O)C1. The molecule has 4 saturated heterocycles. The van der Waals surface area contributed by atoms with E-state index in [0.29, 0.717) is 33.6 Å². The lowest BCUT2D eigenvalue weighted by molar-refractivity contribution is -0.132. The summed E-state index contributed by atoms with van der Waals surface area (Å²) >= 11 is 0. The molecule has 2 N–H and O–H groups in total. The molecular weight excluding hydrogens is 902 g/mol. The van der Waals surface area contributed by atoms with Gasteiger partial charge in [0.05, 0.1) is 34.8 Å². The summed E-state index contributed by atoms with van der Waals surface area (Å²) in [5.41, 5.74) is 3.05. The highest BCUT2D eigenvalue weighted by atomic mass is 32.2. The predicted molar refractivity (Wildman–Crippen MR) is 246 cm³/mol. The number of hydrogen-bond donors (Lipinski definition) is 2. The number of halogens is 3. The van der Waals surface area contributed by atoms with E-state index in [-0.39, 0.29) is 61.3 Å². The quantitative estimate of drug-likeness (QED) is 0.0935.